The van der Waals surface area contributed by atoms with Crippen molar-refractivity contribution in [2.24, 2.45) is 0 Å². The van der Waals surface area contributed by atoms with Gasteiger partial charge in [-0.15, -0.1) is 11.8 Å². The van der Waals surface area contributed by atoms with E-state index < -0.39 is 0 Å². The van der Waals surface area contributed by atoms with Crippen molar-refractivity contribution in [1.82, 2.24) is 20.1 Å². The number of thioether (sulfide) groups is 1. The first kappa shape index (κ1) is 27.7. The van der Waals surface area contributed by atoms with Gasteiger partial charge in [-0.05, 0) is 48.4 Å². The SMILES string of the molecule is Cc1ccccc1-n1nc(-c2ccccc2)c2c1N(CC(=O)NCc1ccccn1)C(=O)CS[C@H]2c1ccc2c(c1)OCO2. The maximum absolute atomic E-state index is 14.0. The molecule has 2 amide bonds. The van der Waals surface area contributed by atoms with Crippen LogP contribution in [0.3, 0.4) is 0 Å². The number of fused-ring (bicyclic) bond motifs is 2. The number of anilines is 1. The van der Waals surface area contributed by atoms with E-state index in [1.807, 2.05) is 103 Å². The largest absolute Gasteiger partial charge is 0.454 e. The second-order valence-corrected chi connectivity index (χ2v) is 11.6. The summed E-state index contributed by atoms with van der Waals surface area (Å²) >= 11 is 1.51. The predicted molar refractivity (Wildman–Crippen MR) is 169 cm³/mol. The average molecular weight is 604 g/mol. The molecule has 2 aliphatic heterocycles. The minimum atomic E-state index is -0.291. The fourth-order valence-corrected chi connectivity index (χ4v) is 6.72. The third-order valence-corrected chi connectivity index (χ3v) is 8.93. The van der Waals surface area contributed by atoms with Crippen LogP contribution in [-0.2, 0) is 16.1 Å². The third kappa shape index (κ3) is 5.28. The minimum Gasteiger partial charge on any atom is -0.454 e. The molecule has 44 heavy (non-hydrogen) atoms. The number of pyridine rings is 1. The molecular formula is C34H29N5O4S. The maximum Gasteiger partial charge on any atom is 0.240 e. The fourth-order valence-electron chi connectivity index (χ4n) is 5.53. The van der Waals surface area contributed by atoms with E-state index in [1.165, 1.54) is 11.8 Å². The smallest absolute Gasteiger partial charge is 0.240 e. The highest BCUT2D eigenvalue weighted by Crippen LogP contribution is 2.50. The highest BCUT2D eigenvalue weighted by atomic mass is 32.2. The lowest BCUT2D eigenvalue weighted by molar-refractivity contribution is -0.123. The fraction of sp³-hybridized carbons (Fsp3) is 0.176. The average Bonchev–Trinajstić information content (AvgIpc) is 3.66. The molecule has 0 saturated carbocycles. The van der Waals surface area contributed by atoms with Gasteiger partial charge in [0.2, 0.25) is 18.6 Å². The van der Waals surface area contributed by atoms with Crippen molar-refractivity contribution < 1.29 is 19.1 Å². The second kappa shape index (κ2) is 11.9. The second-order valence-electron chi connectivity index (χ2n) is 10.5. The first-order valence-corrected chi connectivity index (χ1v) is 15.3. The van der Waals surface area contributed by atoms with Crippen LogP contribution in [0.2, 0.25) is 0 Å². The number of ether oxygens (including phenoxy) is 2. The number of aryl methyl sites for hydroxylation is 1. The summed E-state index contributed by atoms with van der Waals surface area (Å²) in [5.41, 5.74) is 6.01. The lowest BCUT2D eigenvalue weighted by Crippen LogP contribution is -2.42. The van der Waals surface area contributed by atoms with Crippen molar-refractivity contribution in [3.63, 3.8) is 0 Å². The lowest BCUT2D eigenvalue weighted by Gasteiger charge is -2.23. The first-order valence-electron chi connectivity index (χ1n) is 14.3. The number of rotatable bonds is 7. The maximum atomic E-state index is 14.0. The normalized spacial score (nSPS) is 15.5. The number of hydrogen-bond donors (Lipinski definition) is 1. The molecule has 2 aliphatic rings. The zero-order valence-corrected chi connectivity index (χ0v) is 24.8. The Morgan fingerprint density at radius 1 is 0.977 bits per heavy atom. The molecule has 10 heteroatoms. The molecule has 1 N–H and O–H groups in total. The molecule has 0 bridgehead atoms. The molecule has 9 nitrogen and oxygen atoms in total. The summed E-state index contributed by atoms with van der Waals surface area (Å²) in [6.45, 7) is 2.27. The molecule has 220 valence electrons. The van der Waals surface area contributed by atoms with Gasteiger partial charge in [0.25, 0.3) is 0 Å². The van der Waals surface area contributed by atoms with Crippen LogP contribution >= 0.6 is 11.8 Å². The Hall–Kier alpha value is -5.09. The van der Waals surface area contributed by atoms with Crippen LogP contribution in [0, 0.1) is 6.92 Å². The van der Waals surface area contributed by atoms with Crippen LogP contribution in [0.1, 0.15) is 27.6 Å². The number of nitrogens with zero attached hydrogens (tertiary/aromatic N) is 4. The number of carbonyl (C=O) groups excluding carboxylic acids is 2. The Morgan fingerprint density at radius 2 is 1.77 bits per heavy atom. The standard InChI is InChI=1S/C34H29N5O4S/c1-22-9-5-6-13-26(22)39-34-31(32(37-39)23-10-3-2-4-11-23)33(24-14-15-27-28(17-24)43-21-42-27)44-20-30(41)38(34)19-29(40)36-18-25-12-7-8-16-35-25/h2-17,33H,18-21H2,1H3,(H,36,40)/t33-/m0/s1. The Kier molecular flexibility index (Phi) is 7.49. The zero-order valence-electron chi connectivity index (χ0n) is 24.0. The molecule has 2 aromatic heterocycles. The van der Waals surface area contributed by atoms with Gasteiger partial charge in [-0.1, -0.05) is 60.7 Å². The van der Waals surface area contributed by atoms with Crippen LogP contribution in [0.15, 0.2) is 97.2 Å². The monoisotopic (exact) mass is 603 g/mol. The van der Waals surface area contributed by atoms with Gasteiger partial charge >= 0.3 is 0 Å². The van der Waals surface area contributed by atoms with Crippen LogP contribution in [0.25, 0.3) is 16.9 Å². The molecule has 0 saturated heterocycles. The zero-order chi connectivity index (χ0) is 30.0. The van der Waals surface area contributed by atoms with Gasteiger partial charge in [-0.25, -0.2) is 4.68 Å². The summed E-state index contributed by atoms with van der Waals surface area (Å²) in [5, 5.41) is 7.84. The Labute approximate surface area is 258 Å². The van der Waals surface area contributed by atoms with E-state index >= 15 is 0 Å². The predicted octanol–water partition coefficient (Wildman–Crippen LogP) is 5.46. The van der Waals surface area contributed by atoms with E-state index in [2.05, 4.69) is 10.3 Å². The van der Waals surface area contributed by atoms with Crippen molar-refractivity contribution in [3.8, 4) is 28.4 Å². The number of carbonyl (C=O) groups is 2. The van der Waals surface area contributed by atoms with Gasteiger partial charge in [0.15, 0.2) is 11.5 Å². The van der Waals surface area contributed by atoms with E-state index in [-0.39, 0.29) is 42.7 Å². The summed E-state index contributed by atoms with van der Waals surface area (Å²) < 4.78 is 13.1. The van der Waals surface area contributed by atoms with Crippen LogP contribution < -0.4 is 19.7 Å². The molecular weight excluding hydrogens is 574 g/mol. The van der Waals surface area contributed by atoms with E-state index in [4.69, 9.17) is 14.6 Å². The number of benzene rings is 3. The molecule has 5 aromatic rings. The number of para-hydroxylation sites is 1. The topological polar surface area (TPSA) is 98.6 Å². The molecule has 4 heterocycles. The highest BCUT2D eigenvalue weighted by molar-refractivity contribution is 8.00. The number of aromatic nitrogens is 3. The molecule has 7 rings (SSSR count). The highest BCUT2D eigenvalue weighted by Gasteiger charge is 2.38. The Balaban J connectivity index is 1.40. The van der Waals surface area contributed by atoms with Crippen molar-refractivity contribution in [3.05, 3.63) is 120 Å². The van der Waals surface area contributed by atoms with Gasteiger partial charge in [0, 0.05) is 17.3 Å². The molecule has 0 radical (unpaired) electrons. The van der Waals surface area contributed by atoms with Gasteiger partial charge in [-0.3, -0.25) is 19.5 Å². The van der Waals surface area contributed by atoms with Gasteiger partial charge < -0.3 is 14.8 Å². The number of nitrogens with one attached hydrogen (secondary N) is 1. The Bertz CT molecular complexity index is 1840. The summed E-state index contributed by atoms with van der Waals surface area (Å²) in [7, 11) is 0. The van der Waals surface area contributed by atoms with E-state index in [1.54, 1.807) is 11.1 Å². The van der Waals surface area contributed by atoms with E-state index in [0.717, 1.165) is 39.3 Å². The molecule has 0 fully saturated rings. The third-order valence-electron chi connectivity index (χ3n) is 7.67. The lowest BCUT2D eigenvalue weighted by atomic mass is 9.99. The summed E-state index contributed by atoms with van der Waals surface area (Å²) in [4.78, 5) is 33.3. The summed E-state index contributed by atoms with van der Waals surface area (Å²) in [6, 6.07) is 29.3. The molecule has 0 unspecified atom stereocenters. The molecule has 0 spiro atoms. The molecule has 3 aromatic carbocycles. The molecule has 0 aliphatic carbocycles. The Morgan fingerprint density at radius 3 is 2.59 bits per heavy atom. The van der Waals surface area contributed by atoms with Gasteiger partial charge in [0.05, 0.1) is 34.6 Å². The quantitative estimate of drug-likeness (QED) is 0.264. The van der Waals surface area contributed by atoms with Crippen molar-refractivity contribution in [2.75, 3.05) is 24.0 Å². The van der Waals surface area contributed by atoms with Crippen LogP contribution in [-0.4, -0.2) is 45.7 Å². The van der Waals surface area contributed by atoms with Gasteiger partial charge in [-0.2, -0.15) is 5.10 Å². The summed E-state index contributed by atoms with van der Waals surface area (Å²) in [5.74, 6) is 1.63. The van der Waals surface area contributed by atoms with E-state index in [9.17, 15) is 9.59 Å². The van der Waals surface area contributed by atoms with Crippen molar-refractivity contribution in [1.29, 1.82) is 0 Å². The van der Waals surface area contributed by atoms with Crippen molar-refractivity contribution >= 4 is 29.4 Å². The number of amides is 2. The summed E-state index contributed by atoms with van der Waals surface area (Å²) in [6.07, 6.45) is 1.69. The number of hydrogen-bond acceptors (Lipinski definition) is 7. The van der Waals surface area contributed by atoms with Crippen LogP contribution in [0.4, 0.5) is 5.82 Å². The molecule has 1 atom stereocenters. The first-order chi connectivity index (χ1) is 21.6. The van der Waals surface area contributed by atoms with Crippen molar-refractivity contribution in [2.45, 2.75) is 18.7 Å². The van der Waals surface area contributed by atoms with E-state index in [0.29, 0.717) is 17.3 Å². The van der Waals surface area contributed by atoms with Gasteiger partial charge in [0.1, 0.15) is 12.4 Å². The minimum absolute atomic E-state index is 0.168. The van der Waals surface area contributed by atoms with Crippen LogP contribution in [0.5, 0.6) is 11.5 Å².